The fourth-order valence-corrected chi connectivity index (χ4v) is 3.60. The van der Waals surface area contributed by atoms with Gasteiger partial charge in [0.05, 0.1) is 5.92 Å². The fraction of sp³-hybridized carbons (Fsp3) is 0.304. The lowest BCUT2D eigenvalue weighted by molar-refractivity contribution is -0.157. The lowest BCUT2D eigenvalue weighted by Gasteiger charge is -2.22. The molecule has 0 aliphatic carbocycles. The quantitative estimate of drug-likeness (QED) is 0.632. The third-order valence-electron chi connectivity index (χ3n) is 5.39. The maximum absolute atomic E-state index is 12.6. The number of nitrogens with one attached hydrogen (secondary N) is 1. The largest absolute Gasteiger partial charge is 0.486 e. The zero-order valence-electron chi connectivity index (χ0n) is 17.9. The summed E-state index contributed by atoms with van der Waals surface area (Å²) in [6, 6.07) is 11.2. The van der Waals surface area contributed by atoms with Crippen LogP contribution in [0.1, 0.15) is 23.7 Å². The maximum atomic E-state index is 12.6. The van der Waals surface area contributed by atoms with Crippen LogP contribution >= 0.6 is 0 Å². The van der Waals surface area contributed by atoms with Crippen molar-refractivity contribution in [1.29, 1.82) is 0 Å². The van der Waals surface area contributed by atoms with Crippen molar-refractivity contribution in [2.24, 2.45) is 11.7 Å². The molecule has 0 spiro atoms. The number of benzene rings is 2. The second kappa shape index (κ2) is 9.19. The summed E-state index contributed by atoms with van der Waals surface area (Å²) in [6.45, 7) is 2.47. The molecular formula is C23H23N3O7. The number of carbonyl (C=O) groups is 4. The number of anilines is 2. The van der Waals surface area contributed by atoms with E-state index in [4.69, 9.17) is 19.9 Å². The van der Waals surface area contributed by atoms with Gasteiger partial charge in [0, 0.05) is 36.0 Å². The molecule has 0 saturated carbocycles. The third kappa shape index (κ3) is 4.89. The molecule has 2 atom stereocenters. The summed E-state index contributed by atoms with van der Waals surface area (Å²) in [4.78, 5) is 50.1. The van der Waals surface area contributed by atoms with Gasteiger partial charge in [-0.05, 0) is 43.3 Å². The molecule has 0 aromatic heterocycles. The van der Waals surface area contributed by atoms with Crippen LogP contribution in [0.5, 0.6) is 11.5 Å². The molecule has 2 aliphatic rings. The first-order valence-electron chi connectivity index (χ1n) is 10.4. The van der Waals surface area contributed by atoms with Crippen molar-refractivity contribution in [3.8, 4) is 11.5 Å². The lowest BCUT2D eigenvalue weighted by Crippen LogP contribution is -2.33. The maximum Gasteiger partial charge on any atom is 0.312 e. The number of fused-ring (bicyclic) bond motifs is 1. The summed E-state index contributed by atoms with van der Waals surface area (Å²) < 4.78 is 16.4. The number of hydrogen-bond acceptors (Lipinski definition) is 7. The first-order valence-corrected chi connectivity index (χ1v) is 10.4. The fourth-order valence-electron chi connectivity index (χ4n) is 3.60. The van der Waals surface area contributed by atoms with Crippen molar-refractivity contribution in [2.75, 3.05) is 30.0 Å². The molecule has 1 saturated heterocycles. The van der Waals surface area contributed by atoms with Gasteiger partial charge in [0.1, 0.15) is 13.2 Å². The molecular weight excluding hydrogens is 430 g/mol. The number of amides is 3. The first kappa shape index (κ1) is 22.1. The molecule has 172 valence electrons. The predicted octanol–water partition coefficient (Wildman–Crippen LogP) is 1.48. The summed E-state index contributed by atoms with van der Waals surface area (Å²) in [5, 5.41) is 2.60. The van der Waals surface area contributed by atoms with E-state index in [1.165, 1.54) is 36.1 Å². The Bertz CT molecular complexity index is 1100. The molecule has 1 fully saturated rings. The van der Waals surface area contributed by atoms with E-state index in [0.717, 1.165) is 0 Å². The Morgan fingerprint density at radius 1 is 1.09 bits per heavy atom. The minimum atomic E-state index is -1.08. The van der Waals surface area contributed by atoms with Crippen molar-refractivity contribution >= 4 is 35.1 Å². The second-order valence-corrected chi connectivity index (χ2v) is 7.74. The summed E-state index contributed by atoms with van der Waals surface area (Å²) in [5.74, 6) is -1.51. The van der Waals surface area contributed by atoms with Crippen LogP contribution in [0.4, 0.5) is 11.4 Å². The van der Waals surface area contributed by atoms with E-state index in [0.29, 0.717) is 41.7 Å². The van der Waals surface area contributed by atoms with Crippen molar-refractivity contribution in [2.45, 2.75) is 19.4 Å². The van der Waals surface area contributed by atoms with Crippen LogP contribution in [-0.2, 0) is 19.1 Å². The van der Waals surface area contributed by atoms with E-state index >= 15 is 0 Å². The van der Waals surface area contributed by atoms with Crippen LogP contribution in [-0.4, -0.2) is 49.6 Å². The summed E-state index contributed by atoms with van der Waals surface area (Å²) in [7, 11) is 0. The molecule has 2 heterocycles. The van der Waals surface area contributed by atoms with Crippen LogP contribution in [0.25, 0.3) is 0 Å². The van der Waals surface area contributed by atoms with Gasteiger partial charge in [-0.15, -0.1) is 0 Å². The van der Waals surface area contributed by atoms with Gasteiger partial charge in [-0.25, -0.2) is 0 Å². The standard InChI is InChI=1S/C23H23N3O7/c1-13(22(29)25-16-4-2-14(3-5-16)21(24)28)33-23(30)15-10-20(27)26(12-15)17-6-7-18-19(11-17)32-9-8-31-18/h2-7,11,13,15H,8-10,12H2,1H3,(H2,24,28)(H,25,29)/t13-,15-/m0/s1. The number of ether oxygens (including phenoxy) is 3. The minimum absolute atomic E-state index is 0.0177. The second-order valence-electron chi connectivity index (χ2n) is 7.74. The molecule has 2 aliphatic heterocycles. The topological polar surface area (TPSA) is 137 Å². The van der Waals surface area contributed by atoms with E-state index in [1.54, 1.807) is 18.2 Å². The minimum Gasteiger partial charge on any atom is -0.486 e. The molecule has 33 heavy (non-hydrogen) atoms. The summed E-state index contributed by atoms with van der Waals surface area (Å²) in [5.41, 5.74) is 6.52. The highest BCUT2D eigenvalue weighted by Crippen LogP contribution is 2.36. The van der Waals surface area contributed by atoms with Gasteiger partial charge in [-0.2, -0.15) is 0 Å². The van der Waals surface area contributed by atoms with E-state index in [-0.39, 0.29) is 18.9 Å². The Hall–Kier alpha value is -4.08. The SMILES string of the molecule is C[C@H](OC(=O)[C@H]1CC(=O)N(c2ccc3c(c2)OCCO3)C1)C(=O)Nc1ccc(C(N)=O)cc1. The zero-order chi connectivity index (χ0) is 23.5. The zero-order valence-corrected chi connectivity index (χ0v) is 17.9. The number of esters is 1. The molecule has 3 amide bonds. The highest BCUT2D eigenvalue weighted by atomic mass is 16.6. The number of primary amides is 1. The number of carbonyl (C=O) groups excluding carboxylic acids is 4. The third-order valence-corrected chi connectivity index (χ3v) is 5.39. The lowest BCUT2D eigenvalue weighted by atomic mass is 10.1. The Labute approximate surface area is 189 Å². The molecule has 10 nitrogen and oxygen atoms in total. The number of nitrogens with two attached hydrogens (primary N) is 1. The van der Waals surface area contributed by atoms with Crippen LogP contribution in [0.15, 0.2) is 42.5 Å². The molecule has 10 heteroatoms. The molecule has 0 bridgehead atoms. The Morgan fingerprint density at radius 2 is 1.79 bits per heavy atom. The van der Waals surface area contributed by atoms with E-state index in [2.05, 4.69) is 5.32 Å². The van der Waals surface area contributed by atoms with Crippen LogP contribution < -0.4 is 25.4 Å². The first-order chi connectivity index (χ1) is 15.8. The molecule has 0 unspecified atom stereocenters. The van der Waals surface area contributed by atoms with Gasteiger partial charge in [0.25, 0.3) is 5.91 Å². The summed E-state index contributed by atoms with van der Waals surface area (Å²) in [6.07, 6.45) is -1.09. The van der Waals surface area contributed by atoms with Crippen molar-refractivity contribution in [1.82, 2.24) is 0 Å². The van der Waals surface area contributed by atoms with E-state index in [1.807, 2.05) is 0 Å². The molecule has 2 aromatic carbocycles. The van der Waals surface area contributed by atoms with Crippen molar-refractivity contribution in [3.05, 3.63) is 48.0 Å². The molecule has 2 aromatic rings. The smallest absolute Gasteiger partial charge is 0.312 e. The van der Waals surface area contributed by atoms with E-state index in [9.17, 15) is 19.2 Å². The highest BCUT2D eigenvalue weighted by Gasteiger charge is 2.37. The number of hydrogen-bond donors (Lipinski definition) is 2. The monoisotopic (exact) mass is 453 g/mol. The van der Waals surface area contributed by atoms with Crippen LogP contribution in [0.2, 0.25) is 0 Å². The molecule has 0 radical (unpaired) electrons. The number of rotatable bonds is 6. The van der Waals surface area contributed by atoms with Crippen molar-refractivity contribution < 1.29 is 33.4 Å². The van der Waals surface area contributed by atoms with Crippen molar-refractivity contribution in [3.63, 3.8) is 0 Å². The normalized spacial score (nSPS) is 17.9. The van der Waals surface area contributed by atoms with Gasteiger partial charge in [-0.3, -0.25) is 19.2 Å². The molecule has 4 rings (SSSR count). The van der Waals surface area contributed by atoms with Gasteiger partial charge >= 0.3 is 5.97 Å². The Kier molecular flexibility index (Phi) is 6.16. The summed E-state index contributed by atoms with van der Waals surface area (Å²) >= 11 is 0. The predicted molar refractivity (Wildman–Crippen MR) is 117 cm³/mol. The molecule has 3 N–H and O–H groups in total. The average Bonchev–Trinajstić information content (AvgIpc) is 3.20. The Balaban J connectivity index is 1.34. The van der Waals surface area contributed by atoms with Crippen LogP contribution in [0.3, 0.4) is 0 Å². The van der Waals surface area contributed by atoms with E-state index < -0.39 is 29.8 Å². The Morgan fingerprint density at radius 3 is 2.48 bits per heavy atom. The van der Waals surface area contributed by atoms with Gasteiger partial charge in [0.2, 0.25) is 11.8 Å². The van der Waals surface area contributed by atoms with Gasteiger partial charge < -0.3 is 30.2 Å². The highest BCUT2D eigenvalue weighted by molar-refractivity contribution is 6.01. The van der Waals surface area contributed by atoms with Gasteiger partial charge in [0.15, 0.2) is 17.6 Å². The van der Waals surface area contributed by atoms with Crippen LogP contribution in [0, 0.1) is 5.92 Å². The average molecular weight is 453 g/mol. The number of nitrogens with zero attached hydrogens (tertiary/aromatic N) is 1. The van der Waals surface area contributed by atoms with Gasteiger partial charge in [-0.1, -0.05) is 0 Å².